The Morgan fingerprint density at radius 1 is 1.25 bits per heavy atom. The molecule has 0 fully saturated rings. The molecular weight excluding hydrogens is 419 g/mol. The summed E-state index contributed by atoms with van der Waals surface area (Å²) >= 11 is 13.7. The number of halogens is 2. The van der Waals surface area contributed by atoms with Crippen molar-refractivity contribution in [2.75, 3.05) is 11.9 Å². The second-order valence-electron chi connectivity index (χ2n) is 5.79. The van der Waals surface area contributed by atoms with Crippen molar-refractivity contribution in [2.24, 2.45) is 0 Å². The third-order valence-electron chi connectivity index (χ3n) is 3.92. The summed E-state index contributed by atoms with van der Waals surface area (Å²) < 4.78 is 7.08. The predicted octanol–water partition coefficient (Wildman–Crippen LogP) is 5.42. The van der Waals surface area contributed by atoms with Crippen LogP contribution in [0.2, 0.25) is 10.0 Å². The first kappa shape index (κ1) is 18.7. The van der Waals surface area contributed by atoms with Gasteiger partial charge in [0.25, 0.3) is 11.9 Å². The zero-order valence-corrected chi connectivity index (χ0v) is 17.0. The van der Waals surface area contributed by atoms with Gasteiger partial charge in [0.2, 0.25) is 4.96 Å². The van der Waals surface area contributed by atoms with Crippen molar-refractivity contribution in [3.8, 4) is 17.0 Å². The Balaban J connectivity index is 1.61. The molecule has 2 aromatic carbocycles. The van der Waals surface area contributed by atoms with Gasteiger partial charge in [0.05, 0.1) is 17.3 Å². The Morgan fingerprint density at radius 3 is 2.89 bits per heavy atom. The monoisotopic (exact) mass is 432 g/mol. The van der Waals surface area contributed by atoms with E-state index in [9.17, 15) is 4.79 Å². The number of ether oxygens (including phenoxy) is 1. The van der Waals surface area contributed by atoms with E-state index >= 15 is 0 Å². The largest absolute Gasteiger partial charge is 0.494 e. The molecule has 2 heterocycles. The molecule has 0 atom stereocenters. The highest BCUT2D eigenvalue weighted by Gasteiger charge is 2.16. The fraction of sp³-hybridized carbons (Fsp3) is 0.105. The molecule has 1 amide bonds. The molecule has 4 aromatic rings. The van der Waals surface area contributed by atoms with Crippen LogP contribution in [0.3, 0.4) is 0 Å². The number of anilines is 1. The average Bonchev–Trinajstić information content (AvgIpc) is 3.23. The molecule has 9 heteroatoms. The number of carbonyl (C=O) groups is 1. The lowest BCUT2D eigenvalue weighted by atomic mass is 10.2. The van der Waals surface area contributed by atoms with Crippen LogP contribution in [0.4, 0.5) is 5.95 Å². The number of benzene rings is 2. The fourth-order valence-corrected chi connectivity index (χ4v) is 4.01. The lowest BCUT2D eigenvalue weighted by Gasteiger charge is -2.05. The minimum atomic E-state index is -0.314. The second kappa shape index (κ2) is 7.79. The average molecular weight is 433 g/mol. The van der Waals surface area contributed by atoms with Crippen molar-refractivity contribution in [1.82, 2.24) is 14.6 Å². The van der Waals surface area contributed by atoms with E-state index < -0.39 is 0 Å². The maximum atomic E-state index is 12.5. The fourth-order valence-electron chi connectivity index (χ4n) is 2.68. The summed E-state index contributed by atoms with van der Waals surface area (Å²) in [6, 6.07) is 12.2. The highest BCUT2D eigenvalue weighted by atomic mass is 35.5. The first-order valence-corrected chi connectivity index (χ1v) is 10.0. The normalized spacial score (nSPS) is 11.0. The van der Waals surface area contributed by atoms with E-state index in [1.807, 2.05) is 18.4 Å². The standard InChI is InChI=1S/C19H14Cl2N4O2S/c1-2-27-13-5-3-4-11(8-13)17(26)22-18-23-19-25(24-18)16(10-28-19)14-7-6-12(20)9-15(14)21/h3-10H,2H2,1H3,(H,22,24,26). The summed E-state index contributed by atoms with van der Waals surface area (Å²) in [5.74, 6) is 0.532. The summed E-state index contributed by atoms with van der Waals surface area (Å²) in [6.07, 6.45) is 0. The van der Waals surface area contributed by atoms with Crippen LogP contribution < -0.4 is 10.1 Å². The van der Waals surface area contributed by atoms with Crippen LogP contribution in [0.15, 0.2) is 47.8 Å². The molecule has 4 rings (SSSR count). The summed E-state index contributed by atoms with van der Waals surface area (Å²) in [7, 11) is 0. The van der Waals surface area contributed by atoms with Crippen LogP contribution >= 0.6 is 34.5 Å². The Kier molecular flexibility index (Phi) is 5.21. The molecule has 0 aliphatic carbocycles. The minimum absolute atomic E-state index is 0.213. The highest BCUT2D eigenvalue weighted by Crippen LogP contribution is 2.33. The van der Waals surface area contributed by atoms with Gasteiger partial charge in [0.15, 0.2) is 0 Å². The van der Waals surface area contributed by atoms with Crippen molar-refractivity contribution >= 4 is 51.4 Å². The van der Waals surface area contributed by atoms with Gasteiger partial charge in [0, 0.05) is 21.5 Å². The Bertz CT molecular complexity index is 1170. The Morgan fingerprint density at radius 2 is 2.11 bits per heavy atom. The van der Waals surface area contributed by atoms with Crippen molar-refractivity contribution in [3.05, 3.63) is 63.5 Å². The molecule has 1 N–H and O–H groups in total. The predicted molar refractivity (Wildman–Crippen MR) is 112 cm³/mol. The first-order valence-electron chi connectivity index (χ1n) is 8.39. The molecule has 142 valence electrons. The third kappa shape index (κ3) is 3.69. The Hall–Kier alpha value is -2.61. The van der Waals surface area contributed by atoms with Crippen LogP contribution in [0.1, 0.15) is 17.3 Å². The number of fused-ring (bicyclic) bond motifs is 1. The zero-order chi connectivity index (χ0) is 19.7. The second-order valence-corrected chi connectivity index (χ2v) is 7.47. The third-order valence-corrected chi connectivity index (χ3v) is 5.29. The van der Waals surface area contributed by atoms with E-state index in [0.29, 0.717) is 32.9 Å². The number of nitrogens with zero attached hydrogens (tertiary/aromatic N) is 3. The maximum absolute atomic E-state index is 12.5. The van der Waals surface area contributed by atoms with Gasteiger partial charge < -0.3 is 4.74 Å². The summed E-state index contributed by atoms with van der Waals surface area (Å²) in [5, 5.41) is 10.1. The number of aromatic nitrogens is 3. The van der Waals surface area contributed by atoms with Crippen LogP contribution in [0.5, 0.6) is 5.75 Å². The van der Waals surface area contributed by atoms with Gasteiger partial charge in [-0.3, -0.25) is 10.1 Å². The molecule has 0 spiro atoms. The smallest absolute Gasteiger partial charge is 0.258 e. The van der Waals surface area contributed by atoms with Gasteiger partial charge in [-0.1, -0.05) is 29.3 Å². The number of hydrogen-bond donors (Lipinski definition) is 1. The molecule has 0 saturated carbocycles. The molecular formula is C19H14Cl2N4O2S. The van der Waals surface area contributed by atoms with Crippen LogP contribution in [-0.4, -0.2) is 27.1 Å². The topological polar surface area (TPSA) is 68.5 Å². The zero-order valence-electron chi connectivity index (χ0n) is 14.6. The van der Waals surface area contributed by atoms with Gasteiger partial charge in [-0.2, -0.15) is 4.98 Å². The molecule has 0 radical (unpaired) electrons. The van der Waals surface area contributed by atoms with E-state index in [0.717, 1.165) is 11.3 Å². The number of nitrogens with one attached hydrogen (secondary N) is 1. The van der Waals surface area contributed by atoms with E-state index in [2.05, 4.69) is 15.4 Å². The summed E-state index contributed by atoms with van der Waals surface area (Å²) in [4.78, 5) is 17.5. The van der Waals surface area contributed by atoms with E-state index in [4.69, 9.17) is 27.9 Å². The number of thiazole rings is 1. The van der Waals surface area contributed by atoms with Gasteiger partial charge in [-0.25, -0.2) is 4.52 Å². The van der Waals surface area contributed by atoms with Crippen LogP contribution in [-0.2, 0) is 0 Å². The number of amides is 1. The molecule has 2 aromatic heterocycles. The molecule has 0 bridgehead atoms. The van der Waals surface area contributed by atoms with Gasteiger partial charge in [-0.05, 0) is 43.3 Å². The van der Waals surface area contributed by atoms with Crippen molar-refractivity contribution < 1.29 is 9.53 Å². The number of carbonyl (C=O) groups excluding carboxylic acids is 1. The van der Waals surface area contributed by atoms with Gasteiger partial charge in [0.1, 0.15) is 5.75 Å². The maximum Gasteiger partial charge on any atom is 0.258 e. The molecule has 0 aliphatic heterocycles. The quantitative estimate of drug-likeness (QED) is 0.457. The SMILES string of the molecule is CCOc1cccc(C(=O)Nc2nc3scc(-c4ccc(Cl)cc4Cl)n3n2)c1. The molecule has 28 heavy (non-hydrogen) atoms. The summed E-state index contributed by atoms with van der Waals surface area (Å²) in [6.45, 7) is 2.42. The van der Waals surface area contributed by atoms with E-state index in [1.54, 1.807) is 40.9 Å². The molecule has 0 saturated heterocycles. The lowest BCUT2D eigenvalue weighted by Crippen LogP contribution is -2.13. The van der Waals surface area contributed by atoms with Gasteiger partial charge in [-0.15, -0.1) is 16.4 Å². The minimum Gasteiger partial charge on any atom is -0.494 e. The van der Waals surface area contributed by atoms with Crippen LogP contribution in [0.25, 0.3) is 16.2 Å². The molecule has 0 aliphatic rings. The van der Waals surface area contributed by atoms with Gasteiger partial charge >= 0.3 is 0 Å². The van der Waals surface area contributed by atoms with Crippen molar-refractivity contribution in [1.29, 1.82) is 0 Å². The number of rotatable bonds is 5. The van der Waals surface area contributed by atoms with E-state index in [1.165, 1.54) is 11.3 Å². The highest BCUT2D eigenvalue weighted by molar-refractivity contribution is 7.15. The van der Waals surface area contributed by atoms with Crippen LogP contribution in [0, 0.1) is 0 Å². The Labute approximate surface area is 174 Å². The first-order chi connectivity index (χ1) is 13.5. The summed E-state index contributed by atoms with van der Waals surface area (Å²) in [5.41, 5.74) is 2.02. The number of hydrogen-bond acceptors (Lipinski definition) is 5. The molecule has 6 nitrogen and oxygen atoms in total. The molecule has 0 unspecified atom stereocenters. The van der Waals surface area contributed by atoms with Crippen molar-refractivity contribution in [2.45, 2.75) is 6.92 Å². The lowest BCUT2D eigenvalue weighted by molar-refractivity contribution is 0.102. The van der Waals surface area contributed by atoms with Crippen molar-refractivity contribution in [3.63, 3.8) is 0 Å². The van der Waals surface area contributed by atoms with E-state index in [-0.39, 0.29) is 11.9 Å².